The number of carbonyl (C=O) groups excluding carboxylic acids is 1. The summed E-state index contributed by atoms with van der Waals surface area (Å²) in [7, 11) is 0. The van der Waals surface area contributed by atoms with E-state index in [4.69, 9.17) is 10.3 Å². The Bertz CT molecular complexity index is 1430. The summed E-state index contributed by atoms with van der Waals surface area (Å²) in [5.74, 6) is 1.02. The predicted octanol–water partition coefficient (Wildman–Crippen LogP) is 2.43. The van der Waals surface area contributed by atoms with Gasteiger partial charge in [0.15, 0.2) is 11.5 Å². The maximum absolute atomic E-state index is 13.7. The van der Waals surface area contributed by atoms with Crippen molar-refractivity contribution in [2.45, 2.75) is 32.2 Å². The van der Waals surface area contributed by atoms with Gasteiger partial charge >= 0.3 is 5.69 Å². The molecule has 1 atom stereocenters. The number of amides is 1. The number of rotatable bonds is 5. The van der Waals surface area contributed by atoms with Gasteiger partial charge < -0.3 is 15.2 Å². The van der Waals surface area contributed by atoms with Gasteiger partial charge in [-0.25, -0.2) is 14.8 Å². The summed E-state index contributed by atoms with van der Waals surface area (Å²) in [6, 6.07) is 6.95. The minimum atomic E-state index is -0.278. The zero-order chi connectivity index (χ0) is 23.8. The molecule has 34 heavy (non-hydrogen) atoms. The van der Waals surface area contributed by atoms with E-state index in [0.29, 0.717) is 48.1 Å². The van der Waals surface area contributed by atoms with E-state index in [9.17, 15) is 9.59 Å². The normalized spacial score (nSPS) is 16.1. The van der Waals surface area contributed by atoms with E-state index in [1.165, 1.54) is 17.0 Å². The summed E-state index contributed by atoms with van der Waals surface area (Å²) in [4.78, 5) is 40.6. The van der Waals surface area contributed by atoms with Gasteiger partial charge in [-0.1, -0.05) is 18.7 Å². The molecule has 174 valence electrons. The zero-order valence-corrected chi connectivity index (χ0v) is 18.7. The van der Waals surface area contributed by atoms with Crippen LogP contribution in [-0.4, -0.2) is 53.1 Å². The lowest BCUT2D eigenvalue weighted by atomic mass is 10.1. The van der Waals surface area contributed by atoms with E-state index in [1.54, 1.807) is 28.8 Å². The molecule has 11 nitrogen and oxygen atoms in total. The second-order valence-corrected chi connectivity index (χ2v) is 8.12. The lowest BCUT2D eigenvalue weighted by Gasteiger charge is -2.33. The Morgan fingerprint density at radius 2 is 2.09 bits per heavy atom. The van der Waals surface area contributed by atoms with Crippen LogP contribution in [0.1, 0.15) is 38.1 Å². The number of hydrogen-bond acceptors (Lipinski definition) is 8. The molecular formula is C23H24N8O3. The van der Waals surface area contributed by atoms with Gasteiger partial charge in [0.2, 0.25) is 17.6 Å². The van der Waals surface area contributed by atoms with E-state index >= 15 is 0 Å². The third kappa shape index (κ3) is 3.54. The number of nitrogens with two attached hydrogens (primary N) is 1. The summed E-state index contributed by atoms with van der Waals surface area (Å²) >= 11 is 0. The highest BCUT2D eigenvalue weighted by atomic mass is 16.5. The van der Waals surface area contributed by atoms with E-state index < -0.39 is 0 Å². The Hall–Kier alpha value is -4.28. The van der Waals surface area contributed by atoms with Crippen molar-refractivity contribution in [1.29, 1.82) is 0 Å². The Morgan fingerprint density at radius 1 is 1.29 bits per heavy atom. The smallest absolute Gasteiger partial charge is 0.335 e. The number of aromatic nitrogens is 6. The van der Waals surface area contributed by atoms with Crippen LogP contribution in [0, 0.1) is 0 Å². The quantitative estimate of drug-likeness (QED) is 0.479. The van der Waals surface area contributed by atoms with Gasteiger partial charge in [-0.05, 0) is 43.2 Å². The second kappa shape index (κ2) is 8.58. The molecule has 1 aromatic carbocycles. The second-order valence-electron chi connectivity index (χ2n) is 8.12. The molecule has 0 bridgehead atoms. The number of likely N-dealkylation sites (tertiary alicyclic amines) is 1. The SMILES string of the molecule is C=Cc1nc(-c2ccc(-n3c(=O)n(C4CCCN(C(=O)CC)C4)c4ncnc(N)c43)cc2)no1. The Morgan fingerprint density at radius 3 is 2.79 bits per heavy atom. The zero-order valence-electron chi connectivity index (χ0n) is 18.7. The number of carbonyl (C=O) groups is 1. The van der Waals surface area contributed by atoms with E-state index in [0.717, 1.165) is 18.4 Å². The highest BCUT2D eigenvalue weighted by Crippen LogP contribution is 2.28. The van der Waals surface area contributed by atoms with E-state index in [-0.39, 0.29) is 23.5 Å². The van der Waals surface area contributed by atoms with Crippen molar-refractivity contribution in [3.63, 3.8) is 0 Å². The summed E-state index contributed by atoms with van der Waals surface area (Å²) < 4.78 is 8.24. The van der Waals surface area contributed by atoms with Crippen molar-refractivity contribution in [3.05, 3.63) is 53.5 Å². The molecule has 5 rings (SSSR count). The van der Waals surface area contributed by atoms with Crippen molar-refractivity contribution < 1.29 is 9.32 Å². The van der Waals surface area contributed by atoms with Crippen molar-refractivity contribution in [3.8, 4) is 17.1 Å². The first kappa shape index (κ1) is 21.6. The molecule has 2 N–H and O–H groups in total. The standard InChI is InChI=1S/C23H24N8O3/c1-3-17-27-21(28-34-17)14-7-9-15(10-8-14)30-19-20(24)25-13-26-22(19)31(23(30)33)16-6-5-11-29(12-16)18(32)4-2/h3,7-10,13,16H,1,4-6,11-12H2,2H3,(H2,24,25,26). The molecule has 0 aliphatic carbocycles. The first-order valence-electron chi connectivity index (χ1n) is 11.1. The van der Waals surface area contributed by atoms with Crippen LogP contribution in [0.4, 0.5) is 5.82 Å². The fourth-order valence-electron chi connectivity index (χ4n) is 4.45. The molecule has 3 aromatic heterocycles. The van der Waals surface area contributed by atoms with Crippen molar-refractivity contribution in [2.24, 2.45) is 0 Å². The largest absolute Gasteiger partial charge is 0.382 e. The average Bonchev–Trinajstić information content (AvgIpc) is 3.46. The van der Waals surface area contributed by atoms with Gasteiger partial charge in [0.25, 0.3) is 0 Å². The minimum absolute atomic E-state index is 0.0762. The van der Waals surface area contributed by atoms with Gasteiger partial charge in [-0.15, -0.1) is 0 Å². The third-order valence-corrected chi connectivity index (χ3v) is 6.10. The Labute approximate surface area is 194 Å². The monoisotopic (exact) mass is 460 g/mol. The van der Waals surface area contributed by atoms with Gasteiger partial charge in [0, 0.05) is 25.1 Å². The lowest BCUT2D eigenvalue weighted by Crippen LogP contribution is -2.42. The minimum Gasteiger partial charge on any atom is -0.382 e. The van der Waals surface area contributed by atoms with Gasteiger partial charge in [0.05, 0.1) is 11.7 Å². The molecule has 1 aliphatic rings. The number of imidazole rings is 1. The molecule has 1 saturated heterocycles. The first-order valence-corrected chi connectivity index (χ1v) is 11.1. The topological polar surface area (TPSA) is 138 Å². The maximum atomic E-state index is 13.7. The molecule has 1 unspecified atom stereocenters. The number of piperidine rings is 1. The molecule has 1 amide bonds. The van der Waals surface area contributed by atoms with E-state index in [2.05, 4.69) is 26.7 Å². The summed E-state index contributed by atoms with van der Waals surface area (Å²) in [5, 5.41) is 3.93. The molecular weight excluding hydrogens is 436 g/mol. The number of fused-ring (bicyclic) bond motifs is 1. The molecule has 11 heteroatoms. The van der Waals surface area contributed by atoms with Gasteiger partial charge in [-0.2, -0.15) is 4.98 Å². The maximum Gasteiger partial charge on any atom is 0.335 e. The van der Waals surface area contributed by atoms with Crippen LogP contribution < -0.4 is 11.4 Å². The number of nitrogen functional groups attached to an aromatic ring is 1. The van der Waals surface area contributed by atoms with Crippen LogP contribution in [0.2, 0.25) is 0 Å². The molecule has 1 fully saturated rings. The highest BCUT2D eigenvalue weighted by Gasteiger charge is 2.29. The first-order chi connectivity index (χ1) is 16.5. The van der Waals surface area contributed by atoms with Crippen molar-refractivity contribution >= 4 is 29.0 Å². The van der Waals surface area contributed by atoms with Crippen LogP contribution in [-0.2, 0) is 4.79 Å². The van der Waals surface area contributed by atoms with Crippen molar-refractivity contribution in [2.75, 3.05) is 18.8 Å². The van der Waals surface area contributed by atoms with Crippen LogP contribution >= 0.6 is 0 Å². The fraction of sp³-hybridized carbons (Fsp3) is 0.304. The highest BCUT2D eigenvalue weighted by molar-refractivity contribution is 5.84. The van der Waals surface area contributed by atoms with Crippen LogP contribution in [0.25, 0.3) is 34.3 Å². The Kier molecular flexibility index (Phi) is 5.44. The predicted molar refractivity (Wildman–Crippen MR) is 126 cm³/mol. The number of anilines is 1. The molecule has 4 aromatic rings. The molecule has 0 radical (unpaired) electrons. The molecule has 1 aliphatic heterocycles. The Balaban J connectivity index is 1.60. The van der Waals surface area contributed by atoms with Gasteiger partial charge in [0.1, 0.15) is 11.8 Å². The van der Waals surface area contributed by atoms with Crippen molar-refractivity contribution in [1.82, 2.24) is 34.1 Å². The number of benzene rings is 1. The van der Waals surface area contributed by atoms with E-state index in [1.807, 2.05) is 11.8 Å². The molecule has 0 spiro atoms. The average molecular weight is 460 g/mol. The van der Waals surface area contributed by atoms with Gasteiger partial charge in [-0.3, -0.25) is 13.9 Å². The third-order valence-electron chi connectivity index (χ3n) is 6.10. The fourth-order valence-corrected chi connectivity index (χ4v) is 4.45. The molecule has 0 saturated carbocycles. The summed E-state index contributed by atoms with van der Waals surface area (Å²) in [6.45, 7) is 6.61. The number of nitrogens with zero attached hydrogens (tertiary/aromatic N) is 7. The number of hydrogen-bond donors (Lipinski definition) is 1. The lowest BCUT2D eigenvalue weighted by molar-refractivity contribution is -0.132. The van der Waals surface area contributed by atoms with Crippen LogP contribution in [0.15, 0.2) is 46.5 Å². The summed E-state index contributed by atoms with van der Waals surface area (Å²) in [6.07, 6.45) is 4.83. The van der Waals surface area contributed by atoms with Crippen LogP contribution in [0.5, 0.6) is 0 Å². The molecule has 4 heterocycles. The summed E-state index contributed by atoms with van der Waals surface area (Å²) in [5.41, 5.74) is 8.15. The van der Waals surface area contributed by atoms with Crippen LogP contribution in [0.3, 0.4) is 0 Å².